The first-order valence-electron chi connectivity index (χ1n) is 4.03. The van der Waals surface area contributed by atoms with Crippen LogP contribution in [0.15, 0.2) is 6.07 Å². The number of rotatable bonds is 2. The Kier molecular flexibility index (Phi) is 4.08. The van der Waals surface area contributed by atoms with Crippen molar-refractivity contribution in [2.75, 3.05) is 0 Å². The van der Waals surface area contributed by atoms with Crippen LogP contribution in [-0.2, 0) is 6.18 Å². The maximum absolute atomic E-state index is 12.4. The highest BCUT2D eigenvalue weighted by molar-refractivity contribution is 14.1. The molecule has 0 radical (unpaired) electrons. The average Bonchev–Trinajstić information content (AvgIpc) is 2.16. The van der Waals surface area contributed by atoms with E-state index in [-0.39, 0.29) is 9.99 Å². The van der Waals surface area contributed by atoms with Gasteiger partial charge in [0.15, 0.2) is 17.7 Å². The molecule has 0 atom stereocenters. The second-order valence-electron chi connectivity index (χ2n) is 2.88. The number of carbonyl (C=O) groups is 1. The maximum atomic E-state index is 12.4. The van der Waals surface area contributed by atoms with Gasteiger partial charge in [-0.05, 0) is 28.7 Å². The van der Waals surface area contributed by atoms with E-state index >= 15 is 0 Å². The first-order valence-corrected chi connectivity index (χ1v) is 5.11. The Morgan fingerprint density at radius 1 is 1.22 bits per heavy atom. The molecule has 1 rings (SSSR count). The molecule has 18 heavy (non-hydrogen) atoms. The number of aromatic nitrogens is 1. The van der Waals surface area contributed by atoms with Gasteiger partial charge >= 0.3 is 12.5 Å². The molecule has 0 bridgehead atoms. The summed E-state index contributed by atoms with van der Waals surface area (Å²) in [5, 5.41) is 0. The van der Waals surface area contributed by atoms with Crippen LogP contribution in [0.2, 0.25) is 0 Å². The van der Waals surface area contributed by atoms with E-state index in [0.717, 1.165) is 0 Å². The standard InChI is InChI=1S/C8H2F6INO2/c9-7(10,11)5-4(18-8(12,13)14)1-3(2-17)6(15)16-5/h1-2H. The minimum Gasteiger partial charge on any atom is -0.403 e. The lowest BCUT2D eigenvalue weighted by molar-refractivity contribution is -0.276. The molecule has 3 nitrogen and oxygen atoms in total. The van der Waals surface area contributed by atoms with Crippen LogP contribution in [0.1, 0.15) is 16.1 Å². The van der Waals surface area contributed by atoms with Gasteiger partial charge in [0.05, 0.1) is 0 Å². The van der Waals surface area contributed by atoms with Crippen molar-refractivity contribution in [2.24, 2.45) is 0 Å². The predicted octanol–water partition coefficient (Wildman–Crippen LogP) is 3.42. The molecule has 1 aromatic rings. The molecule has 0 N–H and O–H groups in total. The van der Waals surface area contributed by atoms with Gasteiger partial charge in [-0.15, -0.1) is 13.2 Å². The predicted molar refractivity (Wildman–Crippen MR) is 54.0 cm³/mol. The summed E-state index contributed by atoms with van der Waals surface area (Å²) in [4.78, 5) is 13.3. The molecule has 0 aliphatic carbocycles. The lowest BCUT2D eigenvalue weighted by atomic mass is 10.2. The molecule has 0 fully saturated rings. The van der Waals surface area contributed by atoms with Crippen LogP contribution in [0.25, 0.3) is 0 Å². The zero-order valence-corrected chi connectivity index (χ0v) is 10.2. The van der Waals surface area contributed by atoms with Gasteiger partial charge in [-0.3, -0.25) is 4.79 Å². The number of ether oxygens (including phenoxy) is 1. The molecule has 0 amide bonds. The molecule has 0 spiro atoms. The Morgan fingerprint density at radius 2 is 1.78 bits per heavy atom. The molecule has 10 heteroatoms. The quantitative estimate of drug-likeness (QED) is 0.339. The number of alkyl halides is 6. The van der Waals surface area contributed by atoms with Crippen LogP contribution in [0.4, 0.5) is 26.3 Å². The second kappa shape index (κ2) is 4.90. The molecular formula is C8H2F6INO2. The fraction of sp³-hybridized carbons (Fsp3) is 0.250. The molecule has 0 aromatic carbocycles. The first kappa shape index (κ1) is 15.0. The Labute approximate surface area is 109 Å². The van der Waals surface area contributed by atoms with Gasteiger partial charge in [0.1, 0.15) is 3.70 Å². The zero-order valence-electron chi connectivity index (χ0n) is 8.06. The average molecular weight is 385 g/mol. The first-order chi connectivity index (χ1) is 8.04. The summed E-state index contributed by atoms with van der Waals surface area (Å²) in [5.41, 5.74) is -2.27. The van der Waals surface area contributed by atoms with Crippen molar-refractivity contribution in [3.05, 3.63) is 21.0 Å². The Hall–Kier alpha value is -1.07. The van der Waals surface area contributed by atoms with Crippen molar-refractivity contribution in [2.45, 2.75) is 12.5 Å². The number of pyridine rings is 1. The van der Waals surface area contributed by atoms with E-state index in [1.54, 1.807) is 0 Å². The van der Waals surface area contributed by atoms with Crippen LogP contribution < -0.4 is 4.74 Å². The smallest absolute Gasteiger partial charge is 0.403 e. The van der Waals surface area contributed by atoms with Gasteiger partial charge in [-0.2, -0.15) is 13.2 Å². The minimum absolute atomic E-state index is 0.0815. The molecule has 1 heterocycles. The fourth-order valence-electron chi connectivity index (χ4n) is 0.975. The summed E-state index contributed by atoms with van der Waals surface area (Å²) in [7, 11) is 0. The van der Waals surface area contributed by atoms with Crippen LogP contribution in [0.3, 0.4) is 0 Å². The van der Waals surface area contributed by atoms with Crippen LogP contribution in [0.5, 0.6) is 5.75 Å². The van der Waals surface area contributed by atoms with Gasteiger partial charge < -0.3 is 4.74 Å². The van der Waals surface area contributed by atoms with E-state index in [9.17, 15) is 31.1 Å². The van der Waals surface area contributed by atoms with Crippen molar-refractivity contribution >= 4 is 28.9 Å². The zero-order chi connectivity index (χ0) is 14.1. The van der Waals surface area contributed by atoms with E-state index < -0.39 is 29.5 Å². The van der Waals surface area contributed by atoms with Gasteiger partial charge in [0.25, 0.3) is 0 Å². The maximum Gasteiger partial charge on any atom is 0.573 e. The van der Waals surface area contributed by atoms with Crippen molar-refractivity contribution in [3.8, 4) is 5.75 Å². The highest BCUT2D eigenvalue weighted by atomic mass is 127. The number of hydrogen-bond acceptors (Lipinski definition) is 3. The summed E-state index contributed by atoms with van der Waals surface area (Å²) in [5.74, 6) is -1.56. The summed E-state index contributed by atoms with van der Waals surface area (Å²) >= 11 is 1.30. The second-order valence-corrected chi connectivity index (χ2v) is 3.90. The molecule has 0 aliphatic heterocycles. The normalized spacial score (nSPS) is 12.4. The molecule has 100 valence electrons. The van der Waals surface area contributed by atoms with E-state index in [4.69, 9.17) is 0 Å². The molecule has 0 unspecified atom stereocenters. The molecule has 1 aromatic heterocycles. The Balaban J connectivity index is 3.40. The summed E-state index contributed by atoms with van der Waals surface area (Å²) in [6.07, 6.45) is -10.4. The number of carbonyl (C=O) groups excluding carboxylic acids is 1. The third-order valence-electron chi connectivity index (χ3n) is 1.59. The van der Waals surface area contributed by atoms with Crippen LogP contribution >= 0.6 is 22.6 Å². The summed E-state index contributed by atoms with van der Waals surface area (Å²) < 4.78 is 76.0. The van der Waals surface area contributed by atoms with Gasteiger partial charge in [0.2, 0.25) is 0 Å². The number of aldehydes is 1. The van der Waals surface area contributed by atoms with Crippen molar-refractivity contribution in [1.29, 1.82) is 0 Å². The molecular weight excluding hydrogens is 383 g/mol. The molecule has 0 saturated heterocycles. The van der Waals surface area contributed by atoms with E-state index in [1.807, 2.05) is 0 Å². The third kappa shape index (κ3) is 3.71. The van der Waals surface area contributed by atoms with E-state index in [1.165, 1.54) is 22.6 Å². The Bertz CT molecular complexity index is 470. The highest BCUT2D eigenvalue weighted by Gasteiger charge is 2.41. The van der Waals surface area contributed by atoms with E-state index in [2.05, 4.69) is 9.72 Å². The minimum atomic E-state index is -5.31. The summed E-state index contributed by atoms with van der Waals surface area (Å²) in [6, 6.07) is 0.345. The highest BCUT2D eigenvalue weighted by Crippen LogP contribution is 2.38. The number of nitrogens with zero attached hydrogens (tertiary/aromatic N) is 1. The van der Waals surface area contributed by atoms with E-state index in [0.29, 0.717) is 6.07 Å². The van der Waals surface area contributed by atoms with Crippen LogP contribution in [0, 0.1) is 3.70 Å². The Morgan fingerprint density at radius 3 is 2.17 bits per heavy atom. The van der Waals surface area contributed by atoms with Crippen LogP contribution in [-0.4, -0.2) is 17.6 Å². The summed E-state index contributed by atoms with van der Waals surface area (Å²) in [6.45, 7) is 0. The topological polar surface area (TPSA) is 39.2 Å². The van der Waals surface area contributed by atoms with Crippen molar-refractivity contribution < 1.29 is 35.9 Å². The number of hydrogen-bond donors (Lipinski definition) is 0. The lowest BCUT2D eigenvalue weighted by Gasteiger charge is -2.15. The number of halogens is 7. The lowest BCUT2D eigenvalue weighted by Crippen LogP contribution is -2.21. The van der Waals surface area contributed by atoms with Crippen molar-refractivity contribution in [1.82, 2.24) is 4.98 Å². The van der Waals surface area contributed by atoms with Gasteiger partial charge in [0, 0.05) is 5.56 Å². The third-order valence-corrected chi connectivity index (χ3v) is 2.45. The fourth-order valence-corrected chi connectivity index (χ4v) is 1.50. The monoisotopic (exact) mass is 385 g/mol. The molecule has 0 aliphatic rings. The van der Waals surface area contributed by atoms with Crippen molar-refractivity contribution in [3.63, 3.8) is 0 Å². The molecule has 0 saturated carbocycles. The van der Waals surface area contributed by atoms with Gasteiger partial charge in [-0.25, -0.2) is 4.98 Å². The van der Waals surface area contributed by atoms with Gasteiger partial charge in [-0.1, -0.05) is 0 Å². The SMILES string of the molecule is O=Cc1cc(OC(F)(F)F)c(C(F)(F)F)nc1I. The largest absolute Gasteiger partial charge is 0.573 e.